The van der Waals surface area contributed by atoms with Gasteiger partial charge in [0.15, 0.2) is 0 Å². The Morgan fingerprint density at radius 2 is 1.76 bits per heavy atom. The van der Waals surface area contributed by atoms with E-state index in [1.807, 2.05) is 36.4 Å². The predicted molar refractivity (Wildman–Crippen MR) is 136 cm³/mol. The van der Waals surface area contributed by atoms with E-state index in [0.717, 1.165) is 53.9 Å². The van der Waals surface area contributed by atoms with E-state index in [9.17, 15) is 8.42 Å². The molecule has 1 aliphatic carbocycles. The largest absolute Gasteiger partial charge is 0.497 e. The summed E-state index contributed by atoms with van der Waals surface area (Å²) >= 11 is 0. The Morgan fingerprint density at radius 1 is 1.03 bits per heavy atom. The molecule has 0 radical (unpaired) electrons. The second-order valence-electron chi connectivity index (χ2n) is 9.07. The summed E-state index contributed by atoms with van der Waals surface area (Å²) in [5.41, 5.74) is 5.32. The molecule has 1 fully saturated rings. The highest BCUT2D eigenvalue weighted by atomic mass is 32.2. The van der Waals surface area contributed by atoms with Gasteiger partial charge in [0.1, 0.15) is 5.75 Å². The predicted octanol–water partition coefficient (Wildman–Crippen LogP) is 5.61. The number of hydrogen-bond acceptors (Lipinski definition) is 4. The van der Waals surface area contributed by atoms with E-state index in [-0.39, 0.29) is 0 Å². The molecule has 7 heteroatoms. The van der Waals surface area contributed by atoms with Crippen molar-refractivity contribution in [1.82, 2.24) is 14.9 Å². The number of hydrogen-bond donors (Lipinski definition) is 2. The van der Waals surface area contributed by atoms with E-state index in [1.54, 1.807) is 19.2 Å². The van der Waals surface area contributed by atoms with Crippen LogP contribution in [0.3, 0.4) is 0 Å². The molecule has 1 saturated carbocycles. The lowest BCUT2D eigenvalue weighted by Gasteiger charge is -2.25. The van der Waals surface area contributed by atoms with Crippen molar-refractivity contribution in [3.8, 4) is 17.0 Å². The molecule has 6 nitrogen and oxygen atoms in total. The quantitative estimate of drug-likeness (QED) is 0.330. The molecular formula is C27H35N3O3S. The third-order valence-electron chi connectivity index (χ3n) is 6.75. The van der Waals surface area contributed by atoms with Crippen molar-refractivity contribution in [1.29, 1.82) is 0 Å². The molecule has 182 valence electrons. The minimum atomic E-state index is -3.56. The molecular weight excluding hydrogens is 446 g/mol. The first-order valence-electron chi connectivity index (χ1n) is 12.3. The number of methoxy groups -OCH3 is 1. The van der Waals surface area contributed by atoms with Crippen LogP contribution in [0.2, 0.25) is 0 Å². The maximum atomic E-state index is 12.9. The second kappa shape index (κ2) is 11.2. The van der Waals surface area contributed by atoms with Gasteiger partial charge in [0, 0.05) is 29.3 Å². The number of ether oxygens (including phenoxy) is 1. The monoisotopic (exact) mass is 481 g/mol. The van der Waals surface area contributed by atoms with E-state index in [0.29, 0.717) is 23.8 Å². The Balaban J connectivity index is 1.45. The van der Waals surface area contributed by atoms with Crippen molar-refractivity contribution in [2.24, 2.45) is 0 Å². The fraction of sp³-hybridized carbons (Fsp3) is 0.444. The lowest BCUT2D eigenvalue weighted by Crippen LogP contribution is -2.26. The number of aryl methyl sites for hydroxylation is 1. The summed E-state index contributed by atoms with van der Waals surface area (Å²) in [5.74, 6) is 1.27. The molecule has 2 N–H and O–H groups in total. The number of aromatic nitrogens is 2. The van der Waals surface area contributed by atoms with Crippen molar-refractivity contribution in [3.05, 3.63) is 65.4 Å². The number of benzene rings is 2. The SMILES string of the molecule is CCCCCc1ccc(S(=O)(=O)NCCc2c(-c3ccc(OC)cc3)n[nH]c2C2CCC2)cc1. The van der Waals surface area contributed by atoms with Crippen LogP contribution in [0, 0.1) is 0 Å². The van der Waals surface area contributed by atoms with Crippen LogP contribution in [0.25, 0.3) is 11.3 Å². The molecule has 0 bridgehead atoms. The molecule has 0 atom stereocenters. The van der Waals surface area contributed by atoms with Gasteiger partial charge in [-0.15, -0.1) is 0 Å². The highest BCUT2D eigenvalue weighted by Crippen LogP contribution is 2.39. The first-order valence-corrected chi connectivity index (χ1v) is 13.8. The summed E-state index contributed by atoms with van der Waals surface area (Å²) in [6, 6.07) is 15.1. The van der Waals surface area contributed by atoms with E-state index in [4.69, 9.17) is 4.74 Å². The molecule has 0 aliphatic heterocycles. The van der Waals surface area contributed by atoms with Gasteiger partial charge < -0.3 is 4.74 Å². The second-order valence-corrected chi connectivity index (χ2v) is 10.8. The standard InChI is InChI=1S/C27H35N3O3S/c1-3-4-5-7-20-10-16-24(17-11-20)34(31,32)28-19-18-25-26(21-8-6-9-21)29-30-27(25)22-12-14-23(33-2)15-13-22/h10-17,21,28H,3-9,18-19H2,1-2H3,(H,29,30). The van der Waals surface area contributed by atoms with Crippen molar-refractivity contribution < 1.29 is 13.2 Å². The zero-order chi connectivity index (χ0) is 24.0. The van der Waals surface area contributed by atoms with E-state index in [2.05, 4.69) is 21.8 Å². The third kappa shape index (κ3) is 5.70. The van der Waals surface area contributed by atoms with E-state index >= 15 is 0 Å². The third-order valence-corrected chi connectivity index (χ3v) is 8.22. The summed E-state index contributed by atoms with van der Waals surface area (Å²) in [6.07, 6.45) is 8.58. The zero-order valence-corrected chi connectivity index (χ0v) is 21.0. The van der Waals surface area contributed by atoms with Crippen molar-refractivity contribution in [2.45, 2.75) is 69.1 Å². The minimum Gasteiger partial charge on any atom is -0.497 e. The van der Waals surface area contributed by atoms with Gasteiger partial charge in [-0.1, -0.05) is 38.3 Å². The lowest BCUT2D eigenvalue weighted by molar-refractivity contribution is 0.408. The Labute approximate surface area is 203 Å². The number of aromatic amines is 1. The Bertz CT molecular complexity index is 1160. The number of sulfonamides is 1. The summed E-state index contributed by atoms with van der Waals surface area (Å²) < 4.78 is 33.9. The van der Waals surface area contributed by atoms with E-state index < -0.39 is 10.0 Å². The van der Waals surface area contributed by atoms with Crippen LogP contribution in [0.4, 0.5) is 0 Å². The molecule has 3 aromatic rings. The maximum absolute atomic E-state index is 12.9. The smallest absolute Gasteiger partial charge is 0.240 e. The molecule has 0 spiro atoms. The Kier molecular flexibility index (Phi) is 8.06. The average Bonchev–Trinajstić information content (AvgIpc) is 3.21. The normalized spacial score (nSPS) is 14.2. The van der Waals surface area contributed by atoms with Gasteiger partial charge in [0.2, 0.25) is 10.0 Å². The number of nitrogens with zero attached hydrogens (tertiary/aromatic N) is 1. The average molecular weight is 482 g/mol. The molecule has 4 rings (SSSR count). The summed E-state index contributed by atoms with van der Waals surface area (Å²) in [7, 11) is -1.92. The first-order chi connectivity index (χ1) is 16.5. The van der Waals surface area contributed by atoms with Crippen molar-refractivity contribution in [3.63, 3.8) is 0 Å². The van der Waals surface area contributed by atoms with Crippen LogP contribution in [0.5, 0.6) is 5.75 Å². The minimum absolute atomic E-state index is 0.313. The summed E-state index contributed by atoms with van der Waals surface area (Å²) in [4.78, 5) is 0.313. The van der Waals surface area contributed by atoms with Crippen LogP contribution in [0.1, 0.15) is 68.2 Å². The van der Waals surface area contributed by atoms with Crippen molar-refractivity contribution >= 4 is 10.0 Å². The topological polar surface area (TPSA) is 84.1 Å². The Hall–Kier alpha value is -2.64. The van der Waals surface area contributed by atoms with Crippen LogP contribution in [-0.4, -0.2) is 32.3 Å². The lowest BCUT2D eigenvalue weighted by atomic mass is 9.80. The van der Waals surface area contributed by atoms with Crippen LogP contribution >= 0.6 is 0 Å². The van der Waals surface area contributed by atoms with Crippen molar-refractivity contribution in [2.75, 3.05) is 13.7 Å². The molecule has 1 aliphatic rings. The van der Waals surface area contributed by atoms with Gasteiger partial charge in [0.25, 0.3) is 0 Å². The van der Waals surface area contributed by atoms with Crippen LogP contribution in [-0.2, 0) is 22.9 Å². The van der Waals surface area contributed by atoms with E-state index in [1.165, 1.54) is 24.8 Å². The number of H-pyrrole nitrogens is 1. The van der Waals surface area contributed by atoms with Gasteiger partial charge in [0.05, 0.1) is 17.7 Å². The molecule has 2 aromatic carbocycles. The summed E-state index contributed by atoms with van der Waals surface area (Å²) in [5, 5.41) is 7.87. The highest BCUT2D eigenvalue weighted by molar-refractivity contribution is 7.89. The highest BCUT2D eigenvalue weighted by Gasteiger charge is 2.27. The first kappa shape index (κ1) is 24.5. The van der Waals surface area contributed by atoms with Gasteiger partial charge in [-0.3, -0.25) is 5.10 Å². The maximum Gasteiger partial charge on any atom is 0.240 e. The fourth-order valence-corrected chi connectivity index (χ4v) is 5.49. The number of nitrogens with one attached hydrogen (secondary N) is 2. The molecule has 0 saturated heterocycles. The van der Waals surface area contributed by atoms with Gasteiger partial charge in [-0.05, 0) is 74.1 Å². The molecule has 1 aromatic heterocycles. The molecule has 1 heterocycles. The van der Waals surface area contributed by atoms with Gasteiger partial charge in [-0.2, -0.15) is 5.10 Å². The summed E-state index contributed by atoms with van der Waals surface area (Å²) in [6.45, 7) is 2.50. The molecule has 0 unspecified atom stereocenters. The van der Waals surface area contributed by atoms with Gasteiger partial charge in [-0.25, -0.2) is 13.1 Å². The zero-order valence-electron chi connectivity index (χ0n) is 20.1. The molecule has 0 amide bonds. The Morgan fingerprint density at radius 3 is 2.38 bits per heavy atom. The fourth-order valence-electron chi connectivity index (χ4n) is 4.46. The number of rotatable bonds is 12. The molecule has 34 heavy (non-hydrogen) atoms. The van der Waals surface area contributed by atoms with Gasteiger partial charge >= 0.3 is 0 Å². The number of unbranched alkanes of at least 4 members (excludes halogenated alkanes) is 2. The van der Waals surface area contributed by atoms with Crippen LogP contribution < -0.4 is 9.46 Å². The van der Waals surface area contributed by atoms with Crippen LogP contribution in [0.15, 0.2) is 53.4 Å².